The van der Waals surface area contributed by atoms with Gasteiger partial charge in [-0.05, 0) is 115 Å². The summed E-state index contributed by atoms with van der Waals surface area (Å²) in [4.78, 5) is 5.11. The third-order valence-electron chi connectivity index (χ3n) is 16.5. The van der Waals surface area contributed by atoms with Gasteiger partial charge in [-0.15, -0.1) is 0 Å². The second kappa shape index (κ2) is 19.2. The van der Waals surface area contributed by atoms with Gasteiger partial charge in [-0.25, -0.2) is 0 Å². The van der Waals surface area contributed by atoms with Crippen molar-refractivity contribution in [3.05, 3.63) is 218 Å². The predicted molar refractivity (Wildman–Crippen MR) is 357 cm³/mol. The van der Waals surface area contributed by atoms with E-state index < -0.39 is 32.3 Å². The largest absolute Gasteiger partial charge is 0.310 e. The fraction of sp³-hybridized carbons (Fsp3) is 0.167. The van der Waals surface area contributed by atoms with Crippen LogP contribution < -0.4 is 30.5 Å². The Morgan fingerprint density at radius 2 is 0.500 bits per heavy atom. The molecule has 0 aliphatic rings. The lowest BCUT2D eigenvalue weighted by molar-refractivity contribution is 1.30. The number of fused-ring (bicyclic) bond motifs is 2. The van der Waals surface area contributed by atoms with Crippen LogP contribution in [-0.2, 0) is 0 Å². The van der Waals surface area contributed by atoms with E-state index in [-0.39, 0.29) is 0 Å². The number of hydrogen-bond acceptors (Lipinski definition) is 2. The molecule has 0 heterocycles. The fourth-order valence-electron chi connectivity index (χ4n) is 12.0. The summed E-state index contributed by atoms with van der Waals surface area (Å²) in [5.74, 6) is 0. The lowest BCUT2D eigenvalue weighted by Crippen LogP contribution is -2.37. The average molecular weight is 1080 g/mol. The van der Waals surface area contributed by atoms with Gasteiger partial charge in [-0.2, -0.15) is 0 Å². The molecule has 0 saturated carbocycles. The quantitative estimate of drug-likeness (QED) is 0.0889. The Hall–Kier alpha value is -7.33. The molecule has 0 radical (unpaired) electrons. The molecule has 0 unspecified atom stereocenters. The molecule has 0 bridgehead atoms. The van der Waals surface area contributed by atoms with Crippen molar-refractivity contribution >= 4 is 141 Å². The number of anilines is 6. The Balaban J connectivity index is 1.25. The topological polar surface area (TPSA) is 6.48 Å². The maximum atomic E-state index is 2.56. The second-order valence-corrected chi connectivity index (χ2v) is 46.2. The molecule has 0 amide bonds. The van der Waals surface area contributed by atoms with Crippen LogP contribution in [-0.4, -0.2) is 32.3 Å². The highest BCUT2D eigenvalue weighted by Gasteiger charge is 2.29. The highest BCUT2D eigenvalue weighted by Crippen LogP contribution is 2.53. The molecule has 12 rings (SSSR count). The van der Waals surface area contributed by atoms with Crippen molar-refractivity contribution in [3.8, 4) is 22.3 Å². The minimum Gasteiger partial charge on any atom is -0.310 e. The average Bonchev–Trinajstić information content (AvgIpc) is 3.55. The fourth-order valence-corrected chi connectivity index (χ4v) is 16.7. The van der Waals surface area contributed by atoms with E-state index in [1.54, 1.807) is 0 Å². The normalized spacial score (nSPS) is 12.6. The van der Waals surface area contributed by atoms with Crippen molar-refractivity contribution in [1.29, 1.82) is 0 Å². The molecule has 78 heavy (non-hydrogen) atoms. The maximum Gasteiger partial charge on any atom is 0.0775 e. The van der Waals surface area contributed by atoms with Gasteiger partial charge in [0.05, 0.1) is 43.7 Å². The van der Waals surface area contributed by atoms with Gasteiger partial charge in [0.15, 0.2) is 0 Å². The number of nitrogens with zero attached hydrogens (tertiary/aromatic N) is 2. The molecule has 0 aromatic heterocycles. The van der Waals surface area contributed by atoms with Crippen LogP contribution in [0.1, 0.15) is 0 Å². The Kier molecular flexibility index (Phi) is 12.7. The van der Waals surface area contributed by atoms with E-state index in [9.17, 15) is 0 Å². The molecule has 2 nitrogen and oxygen atoms in total. The first-order valence-corrected chi connectivity index (χ1v) is 42.0. The molecule has 12 aromatic carbocycles. The SMILES string of the molecule is C[Si](C)(C)c1ccc(N(c2ccc([Si](C)(C)C)cc2)c2cc(-c3cccc4ccccc34)c3ccc4c(N(c5ccc([Si](C)(C)C)cc5)c5ccc([Si](C)(C)C)cc5)cc(-c5cccc6ccccc56)c5ccc2c3c54)cc1. The first-order valence-electron chi connectivity index (χ1n) is 28.0. The van der Waals surface area contributed by atoms with Crippen LogP contribution in [0.2, 0.25) is 78.6 Å². The molecule has 0 fully saturated rings. The Labute approximate surface area is 467 Å². The lowest BCUT2D eigenvalue weighted by Gasteiger charge is -2.32. The van der Waals surface area contributed by atoms with E-state index in [4.69, 9.17) is 0 Å². The monoisotopic (exact) mass is 1080 g/mol. The van der Waals surface area contributed by atoms with Gasteiger partial charge in [-0.3, -0.25) is 0 Å². The molecule has 0 aliphatic heterocycles. The van der Waals surface area contributed by atoms with Crippen molar-refractivity contribution in [1.82, 2.24) is 0 Å². The number of hydrogen-bond donors (Lipinski definition) is 0. The number of rotatable bonds is 12. The molecule has 386 valence electrons. The van der Waals surface area contributed by atoms with E-state index in [0.717, 1.165) is 22.7 Å². The summed E-state index contributed by atoms with van der Waals surface area (Å²) in [7, 11) is -6.39. The van der Waals surface area contributed by atoms with Gasteiger partial charge < -0.3 is 9.80 Å². The van der Waals surface area contributed by atoms with Crippen LogP contribution in [0.15, 0.2) is 218 Å². The molecule has 0 atom stereocenters. The zero-order valence-electron chi connectivity index (χ0n) is 47.7. The zero-order chi connectivity index (χ0) is 54.5. The van der Waals surface area contributed by atoms with Gasteiger partial charge in [0, 0.05) is 44.3 Å². The maximum absolute atomic E-state index is 2.56. The molecule has 0 aliphatic carbocycles. The van der Waals surface area contributed by atoms with Crippen LogP contribution in [0, 0.1) is 0 Å². The van der Waals surface area contributed by atoms with Gasteiger partial charge in [0.25, 0.3) is 0 Å². The van der Waals surface area contributed by atoms with Gasteiger partial charge in [0.2, 0.25) is 0 Å². The first-order chi connectivity index (χ1) is 37.2. The summed E-state index contributed by atoms with van der Waals surface area (Å²) in [6, 6.07) is 84.6. The Bertz CT molecular complexity index is 3810. The molecular formula is C72H72N2Si4. The van der Waals surface area contributed by atoms with Crippen LogP contribution in [0.3, 0.4) is 0 Å². The summed E-state index contributed by atoms with van der Waals surface area (Å²) in [6.07, 6.45) is 0. The van der Waals surface area contributed by atoms with E-state index in [0.29, 0.717) is 0 Å². The second-order valence-electron chi connectivity index (χ2n) is 25.9. The van der Waals surface area contributed by atoms with Gasteiger partial charge >= 0.3 is 0 Å². The van der Waals surface area contributed by atoms with E-state index in [1.165, 1.54) is 108 Å². The van der Waals surface area contributed by atoms with Crippen LogP contribution in [0.25, 0.3) is 76.1 Å². The predicted octanol–water partition coefficient (Wildman–Crippen LogP) is 19.3. The molecule has 6 heteroatoms. The van der Waals surface area contributed by atoms with Crippen molar-refractivity contribution in [3.63, 3.8) is 0 Å². The Morgan fingerprint density at radius 3 is 0.795 bits per heavy atom. The molecule has 12 aromatic rings. The van der Waals surface area contributed by atoms with Crippen LogP contribution >= 0.6 is 0 Å². The minimum absolute atomic E-state index is 1.16. The smallest absolute Gasteiger partial charge is 0.0775 e. The third-order valence-corrected chi connectivity index (χ3v) is 24.7. The van der Waals surface area contributed by atoms with Crippen molar-refractivity contribution in [2.45, 2.75) is 78.6 Å². The van der Waals surface area contributed by atoms with Crippen molar-refractivity contribution < 1.29 is 0 Å². The summed E-state index contributed by atoms with van der Waals surface area (Å²) < 4.78 is 0. The van der Waals surface area contributed by atoms with E-state index in [2.05, 4.69) is 307 Å². The Morgan fingerprint density at radius 1 is 0.231 bits per heavy atom. The summed E-state index contributed by atoms with van der Waals surface area (Å²) >= 11 is 0. The standard InChI is InChI=1S/C72H72N2Si4/c1-75(2,3)55-35-27-51(28-36-55)73(52-29-37-56(38-30-52)76(4,5)6)69-47-67(61-25-17-21-49-19-13-15-23-59(49)61)63-44-46-66-70(74(53-31-39-57(40-32-53)77(7,8)9)54-33-41-58(42-34-54)78(10,11)12)48-68(64-43-45-65(69)71(63)72(64)66)62-26-18-22-50-20-14-16-24-60(50)62/h13-48H,1-12H3. The summed E-state index contributed by atoms with van der Waals surface area (Å²) in [5.41, 5.74) is 11.9. The minimum atomic E-state index is -1.60. The van der Waals surface area contributed by atoms with E-state index in [1.807, 2.05) is 0 Å². The first kappa shape index (κ1) is 51.4. The highest BCUT2D eigenvalue weighted by atomic mass is 28.3. The highest BCUT2D eigenvalue weighted by molar-refractivity contribution is 6.90. The van der Waals surface area contributed by atoms with Gasteiger partial charge in [0.1, 0.15) is 0 Å². The number of benzene rings is 12. The summed E-state index contributed by atoms with van der Waals surface area (Å²) in [5, 5.41) is 18.3. The van der Waals surface area contributed by atoms with Gasteiger partial charge in [-0.1, -0.05) is 257 Å². The summed E-state index contributed by atoms with van der Waals surface area (Å²) in [6.45, 7) is 29.3. The molecular weight excluding hydrogens is 1010 g/mol. The van der Waals surface area contributed by atoms with Crippen molar-refractivity contribution in [2.24, 2.45) is 0 Å². The third kappa shape index (κ3) is 9.22. The van der Waals surface area contributed by atoms with Crippen molar-refractivity contribution in [2.75, 3.05) is 9.80 Å². The van der Waals surface area contributed by atoms with Crippen LogP contribution in [0.4, 0.5) is 34.1 Å². The van der Waals surface area contributed by atoms with Crippen LogP contribution in [0.5, 0.6) is 0 Å². The lowest BCUT2D eigenvalue weighted by atomic mass is 9.84. The van der Waals surface area contributed by atoms with E-state index >= 15 is 0 Å². The molecule has 0 N–H and O–H groups in total. The molecule has 0 spiro atoms. The molecule has 0 saturated heterocycles. The zero-order valence-corrected chi connectivity index (χ0v) is 51.7.